The number of aromatic amines is 1. The van der Waals surface area contributed by atoms with Crippen molar-refractivity contribution in [2.75, 3.05) is 12.5 Å². The van der Waals surface area contributed by atoms with E-state index < -0.39 is 11.2 Å². The molecule has 3 rings (SSSR count). The van der Waals surface area contributed by atoms with E-state index in [9.17, 15) is 14.7 Å². The summed E-state index contributed by atoms with van der Waals surface area (Å²) in [5, 5.41) is 14.2. The van der Waals surface area contributed by atoms with E-state index in [1.165, 1.54) is 24.9 Å². The fourth-order valence-corrected chi connectivity index (χ4v) is 2.83. The average Bonchev–Trinajstić information content (AvgIpc) is 2.99. The normalized spacial score (nSPS) is 11.6. The molecule has 0 radical (unpaired) electrons. The predicted octanol–water partition coefficient (Wildman–Crippen LogP) is 1.24. The summed E-state index contributed by atoms with van der Waals surface area (Å²) < 4.78 is 8.03. The molecular formula is C18H22N6O4. The average molecular weight is 386 g/mol. The summed E-state index contributed by atoms with van der Waals surface area (Å²) >= 11 is 0. The predicted molar refractivity (Wildman–Crippen MR) is 106 cm³/mol. The Bertz CT molecular complexity index is 1160. The van der Waals surface area contributed by atoms with Crippen molar-refractivity contribution in [3.05, 3.63) is 44.6 Å². The molecule has 0 spiro atoms. The molecule has 0 saturated heterocycles. The van der Waals surface area contributed by atoms with Gasteiger partial charge >= 0.3 is 5.69 Å². The number of aryl methyl sites for hydroxylation is 1. The fourth-order valence-electron chi connectivity index (χ4n) is 2.83. The lowest BCUT2D eigenvalue weighted by Crippen LogP contribution is -2.29. The summed E-state index contributed by atoms with van der Waals surface area (Å²) in [6, 6.07) is 5.03. The Morgan fingerprint density at radius 3 is 2.82 bits per heavy atom. The van der Waals surface area contributed by atoms with Crippen LogP contribution in [-0.4, -0.2) is 37.5 Å². The lowest BCUT2D eigenvalue weighted by atomic mass is 10.2. The van der Waals surface area contributed by atoms with E-state index in [4.69, 9.17) is 4.74 Å². The van der Waals surface area contributed by atoms with Crippen molar-refractivity contribution in [3.63, 3.8) is 0 Å². The van der Waals surface area contributed by atoms with Crippen molar-refractivity contribution in [2.45, 2.75) is 20.4 Å². The van der Waals surface area contributed by atoms with Crippen LogP contribution < -0.4 is 21.4 Å². The van der Waals surface area contributed by atoms with Crippen molar-refractivity contribution in [3.8, 4) is 11.5 Å². The lowest BCUT2D eigenvalue weighted by molar-refractivity contribution is 0.373. The molecule has 0 bridgehead atoms. The maximum absolute atomic E-state index is 12.3. The van der Waals surface area contributed by atoms with E-state index >= 15 is 0 Å². The third-order valence-corrected chi connectivity index (χ3v) is 4.17. The van der Waals surface area contributed by atoms with Crippen LogP contribution in [0.2, 0.25) is 0 Å². The second-order valence-electron chi connectivity index (χ2n) is 6.70. The van der Waals surface area contributed by atoms with Crippen LogP contribution in [-0.2, 0) is 13.6 Å². The molecule has 3 N–H and O–H groups in total. The van der Waals surface area contributed by atoms with Gasteiger partial charge in [0, 0.05) is 19.2 Å². The molecule has 0 amide bonds. The molecule has 10 heteroatoms. The van der Waals surface area contributed by atoms with Crippen LogP contribution in [0.4, 0.5) is 5.95 Å². The highest BCUT2D eigenvalue weighted by Gasteiger charge is 2.17. The van der Waals surface area contributed by atoms with Gasteiger partial charge in [0.2, 0.25) is 5.95 Å². The minimum absolute atomic E-state index is 0.0370. The second-order valence-corrected chi connectivity index (χ2v) is 6.70. The van der Waals surface area contributed by atoms with Gasteiger partial charge in [-0.15, -0.1) is 0 Å². The fraction of sp³-hybridized carbons (Fsp3) is 0.333. The summed E-state index contributed by atoms with van der Waals surface area (Å²) in [5.41, 5.74) is 2.75. The molecule has 3 aromatic rings. The van der Waals surface area contributed by atoms with Crippen LogP contribution in [0.3, 0.4) is 0 Å². The van der Waals surface area contributed by atoms with Gasteiger partial charge in [-0.2, -0.15) is 10.1 Å². The standard InChI is InChI=1S/C18H22N6O4/c1-10(2)9-24-13-15(23(3)18(27)21-16(13)26)20-17(24)22-19-8-11-6-5-7-12(28-4)14(11)25/h5-8,10,25H,9H2,1-4H3,(H,20,22)(H,21,26,27). The van der Waals surface area contributed by atoms with Crippen LogP contribution in [0, 0.1) is 5.92 Å². The first-order chi connectivity index (χ1) is 13.3. The van der Waals surface area contributed by atoms with E-state index in [1.807, 2.05) is 13.8 Å². The number of imidazole rings is 1. The number of methoxy groups -OCH3 is 1. The Morgan fingerprint density at radius 2 is 2.14 bits per heavy atom. The first kappa shape index (κ1) is 19.2. The summed E-state index contributed by atoms with van der Waals surface area (Å²) in [6.07, 6.45) is 1.42. The van der Waals surface area contributed by atoms with Crippen LogP contribution >= 0.6 is 0 Å². The number of H-pyrrole nitrogens is 1. The van der Waals surface area contributed by atoms with Gasteiger partial charge in [0.1, 0.15) is 0 Å². The molecule has 2 aromatic heterocycles. The molecular weight excluding hydrogens is 364 g/mol. The minimum Gasteiger partial charge on any atom is -0.504 e. The molecule has 28 heavy (non-hydrogen) atoms. The molecule has 0 aliphatic carbocycles. The SMILES string of the molecule is COc1cccc(C=NNc2nc3c(c(=O)[nH]c(=O)n3C)n2CC(C)C)c1O. The molecule has 1 aromatic carbocycles. The van der Waals surface area contributed by atoms with Crippen molar-refractivity contribution < 1.29 is 9.84 Å². The maximum atomic E-state index is 12.3. The number of para-hydroxylation sites is 1. The number of aromatic hydroxyl groups is 1. The highest BCUT2D eigenvalue weighted by molar-refractivity contribution is 5.85. The van der Waals surface area contributed by atoms with Gasteiger partial charge in [-0.05, 0) is 18.1 Å². The van der Waals surface area contributed by atoms with Crippen LogP contribution in [0.1, 0.15) is 19.4 Å². The number of hydrogen-bond acceptors (Lipinski definition) is 7. The molecule has 0 aliphatic rings. The first-order valence-corrected chi connectivity index (χ1v) is 8.68. The molecule has 148 valence electrons. The van der Waals surface area contributed by atoms with Gasteiger partial charge in [-0.25, -0.2) is 10.2 Å². The number of ether oxygens (including phenoxy) is 1. The highest BCUT2D eigenvalue weighted by Crippen LogP contribution is 2.28. The Hall–Kier alpha value is -3.56. The van der Waals surface area contributed by atoms with Gasteiger partial charge < -0.3 is 14.4 Å². The molecule has 0 aliphatic heterocycles. The van der Waals surface area contributed by atoms with E-state index in [-0.39, 0.29) is 22.8 Å². The number of rotatable bonds is 6. The second kappa shape index (κ2) is 7.59. The van der Waals surface area contributed by atoms with Crippen molar-refractivity contribution >= 4 is 23.3 Å². The lowest BCUT2D eigenvalue weighted by Gasteiger charge is -2.10. The van der Waals surface area contributed by atoms with Crippen LogP contribution in [0.25, 0.3) is 11.2 Å². The zero-order valence-corrected chi connectivity index (χ0v) is 16.1. The number of phenolic OH excluding ortho intramolecular Hbond substituents is 1. The Balaban J connectivity index is 2.03. The number of benzene rings is 1. The molecule has 0 unspecified atom stereocenters. The molecule has 0 fully saturated rings. The maximum Gasteiger partial charge on any atom is 0.329 e. The smallest absolute Gasteiger partial charge is 0.329 e. The zero-order chi connectivity index (χ0) is 20.4. The first-order valence-electron chi connectivity index (χ1n) is 8.68. The van der Waals surface area contributed by atoms with Crippen LogP contribution in [0.15, 0.2) is 32.9 Å². The van der Waals surface area contributed by atoms with E-state index in [0.717, 1.165) is 0 Å². The number of aromatic nitrogens is 4. The highest BCUT2D eigenvalue weighted by atomic mass is 16.5. The summed E-state index contributed by atoms with van der Waals surface area (Å²) in [5.74, 6) is 0.831. The van der Waals surface area contributed by atoms with Crippen LogP contribution in [0.5, 0.6) is 11.5 Å². The van der Waals surface area contributed by atoms with E-state index in [1.54, 1.807) is 22.8 Å². The van der Waals surface area contributed by atoms with Gasteiger partial charge in [0.15, 0.2) is 22.7 Å². The van der Waals surface area contributed by atoms with Gasteiger partial charge in [-0.1, -0.05) is 19.9 Å². The number of nitrogens with zero attached hydrogens (tertiary/aromatic N) is 4. The van der Waals surface area contributed by atoms with E-state index in [0.29, 0.717) is 23.8 Å². The molecule has 0 atom stereocenters. The van der Waals surface area contributed by atoms with Gasteiger partial charge in [0.05, 0.1) is 13.3 Å². The summed E-state index contributed by atoms with van der Waals surface area (Å²) in [6.45, 7) is 4.51. The minimum atomic E-state index is -0.539. The third-order valence-electron chi connectivity index (χ3n) is 4.17. The number of nitrogens with one attached hydrogen (secondary N) is 2. The van der Waals surface area contributed by atoms with Gasteiger partial charge in [0.25, 0.3) is 5.56 Å². The summed E-state index contributed by atoms with van der Waals surface area (Å²) in [7, 11) is 3.00. The number of fused-ring (bicyclic) bond motifs is 1. The number of anilines is 1. The van der Waals surface area contributed by atoms with E-state index in [2.05, 4.69) is 20.5 Å². The monoisotopic (exact) mass is 386 g/mol. The molecule has 0 saturated carbocycles. The molecule has 2 heterocycles. The van der Waals surface area contributed by atoms with Gasteiger partial charge in [-0.3, -0.25) is 14.3 Å². The topological polar surface area (TPSA) is 127 Å². The number of hydrogen-bond donors (Lipinski definition) is 3. The Kier molecular flexibility index (Phi) is 5.21. The molecule has 10 nitrogen and oxygen atoms in total. The Morgan fingerprint density at radius 1 is 1.39 bits per heavy atom. The number of hydrazone groups is 1. The summed E-state index contributed by atoms with van der Waals surface area (Å²) in [4.78, 5) is 30.9. The Labute approximate surface area is 160 Å². The van der Waals surface area contributed by atoms with Crippen molar-refractivity contribution in [1.82, 2.24) is 19.1 Å². The largest absolute Gasteiger partial charge is 0.504 e. The van der Waals surface area contributed by atoms with Crippen molar-refractivity contribution in [1.29, 1.82) is 0 Å². The van der Waals surface area contributed by atoms with Crippen molar-refractivity contribution in [2.24, 2.45) is 18.1 Å². The number of phenols is 1. The third kappa shape index (κ3) is 3.48. The quantitative estimate of drug-likeness (QED) is 0.432. The zero-order valence-electron chi connectivity index (χ0n) is 16.1.